The first-order chi connectivity index (χ1) is 10.1. The zero-order valence-electron chi connectivity index (χ0n) is 12.3. The maximum absolute atomic E-state index is 5.65. The molecule has 21 heavy (non-hydrogen) atoms. The van der Waals surface area contributed by atoms with Gasteiger partial charge in [-0.3, -0.25) is 0 Å². The van der Waals surface area contributed by atoms with E-state index in [1.807, 2.05) is 12.1 Å². The number of para-hydroxylation sites is 1. The number of anilines is 1. The van der Waals surface area contributed by atoms with Gasteiger partial charge in [0, 0.05) is 24.3 Å². The molecule has 1 aliphatic heterocycles. The highest BCUT2D eigenvalue weighted by Crippen LogP contribution is 2.30. The lowest BCUT2D eigenvalue weighted by molar-refractivity contribution is 0.530. The van der Waals surface area contributed by atoms with Gasteiger partial charge in [-0.1, -0.05) is 61.6 Å². The first-order valence-corrected chi connectivity index (χ1v) is 7.76. The van der Waals surface area contributed by atoms with Crippen molar-refractivity contribution in [3.63, 3.8) is 0 Å². The fourth-order valence-electron chi connectivity index (χ4n) is 3.05. The van der Waals surface area contributed by atoms with Crippen molar-refractivity contribution in [3.8, 4) is 0 Å². The van der Waals surface area contributed by atoms with Crippen LogP contribution in [0.2, 0.25) is 0 Å². The highest BCUT2D eigenvalue weighted by Gasteiger charge is 2.21. The first kappa shape index (κ1) is 14.1. The molecule has 0 radical (unpaired) electrons. The van der Waals surface area contributed by atoms with Gasteiger partial charge in [-0.25, -0.2) is 0 Å². The molecule has 0 bridgehead atoms. The second-order valence-electron chi connectivity index (χ2n) is 5.88. The molecule has 0 aliphatic carbocycles. The molecule has 2 aromatic rings. The predicted octanol–water partition coefficient (Wildman–Crippen LogP) is 3.52. The van der Waals surface area contributed by atoms with E-state index in [0.29, 0.717) is 10.9 Å². The van der Waals surface area contributed by atoms with Gasteiger partial charge < -0.3 is 10.6 Å². The normalized spacial score (nSPS) is 17.4. The van der Waals surface area contributed by atoms with E-state index in [1.54, 1.807) is 0 Å². The first-order valence-electron chi connectivity index (χ1n) is 7.35. The van der Waals surface area contributed by atoms with E-state index in [4.69, 9.17) is 18.0 Å². The largest absolute Gasteiger partial charge is 0.389 e. The third kappa shape index (κ3) is 3.08. The van der Waals surface area contributed by atoms with Gasteiger partial charge in [0.15, 0.2) is 0 Å². The van der Waals surface area contributed by atoms with E-state index in [9.17, 15) is 0 Å². The van der Waals surface area contributed by atoms with Gasteiger partial charge >= 0.3 is 0 Å². The maximum Gasteiger partial charge on any atom is 0.103 e. The minimum atomic E-state index is 0.457. The second-order valence-corrected chi connectivity index (χ2v) is 6.32. The topological polar surface area (TPSA) is 29.3 Å². The average Bonchev–Trinajstić information content (AvgIpc) is 2.47. The Bertz CT molecular complexity index is 649. The Morgan fingerprint density at radius 2 is 1.90 bits per heavy atom. The van der Waals surface area contributed by atoms with Crippen LogP contribution in [0, 0.1) is 5.92 Å². The molecule has 108 valence electrons. The van der Waals surface area contributed by atoms with Crippen molar-refractivity contribution < 1.29 is 0 Å². The van der Waals surface area contributed by atoms with Crippen LogP contribution in [0.3, 0.4) is 0 Å². The van der Waals surface area contributed by atoms with E-state index in [1.165, 1.54) is 23.2 Å². The Morgan fingerprint density at radius 3 is 2.62 bits per heavy atom. The summed E-state index contributed by atoms with van der Waals surface area (Å²) in [5.74, 6) is 0.691. The number of hydrogen-bond donors (Lipinski definition) is 1. The van der Waals surface area contributed by atoms with Crippen molar-refractivity contribution >= 4 is 22.9 Å². The number of hydrogen-bond acceptors (Lipinski definition) is 2. The van der Waals surface area contributed by atoms with Crippen LogP contribution in [0.15, 0.2) is 48.5 Å². The molecule has 0 amide bonds. The third-order valence-corrected chi connectivity index (χ3v) is 4.28. The van der Waals surface area contributed by atoms with Gasteiger partial charge in [-0.15, -0.1) is 0 Å². The van der Waals surface area contributed by atoms with Crippen molar-refractivity contribution in [2.24, 2.45) is 11.7 Å². The van der Waals surface area contributed by atoms with Crippen molar-refractivity contribution in [1.82, 2.24) is 0 Å². The maximum atomic E-state index is 5.65. The van der Waals surface area contributed by atoms with Crippen LogP contribution < -0.4 is 10.6 Å². The molecule has 0 aromatic heterocycles. The molecule has 3 heteroatoms. The predicted molar refractivity (Wildman–Crippen MR) is 92.7 cm³/mol. The standard InChI is InChI=1S/C18H20N2S/c1-13-10-16-4-2-3-5-17(16)20(11-13)12-14-6-8-15(9-7-14)18(19)21/h2-9,13H,10-12H2,1H3,(H2,19,21). The summed E-state index contributed by atoms with van der Waals surface area (Å²) in [7, 11) is 0. The fraction of sp³-hybridized carbons (Fsp3) is 0.278. The molecule has 2 nitrogen and oxygen atoms in total. The Hall–Kier alpha value is -1.87. The Labute approximate surface area is 131 Å². The van der Waals surface area contributed by atoms with E-state index in [-0.39, 0.29) is 0 Å². The van der Waals surface area contributed by atoms with Crippen LogP contribution in [0.25, 0.3) is 0 Å². The minimum absolute atomic E-state index is 0.457. The molecule has 0 fully saturated rings. The quantitative estimate of drug-likeness (QED) is 0.879. The molecule has 0 saturated carbocycles. The van der Waals surface area contributed by atoms with Crippen molar-refractivity contribution in [3.05, 3.63) is 65.2 Å². The number of nitrogens with two attached hydrogens (primary N) is 1. The van der Waals surface area contributed by atoms with Crippen molar-refractivity contribution in [2.75, 3.05) is 11.4 Å². The van der Waals surface area contributed by atoms with Crippen LogP contribution in [0.5, 0.6) is 0 Å². The van der Waals surface area contributed by atoms with Crippen LogP contribution in [-0.2, 0) is 13.0 Å². The lowest BCUT2D eigenvalue weighted by Crippen LogP contribution is -2.33. The summed E-state index contributed by atoms with van der Waals surface area (Å²) in [6.45, 7) is 4.35. The molecule has 0 spiro atoms. The van der Waals surface area contributed by atoms with E-state index in [0.717, 1.165) is 18.7 Å². The van der Waals surface area contributed by atoms with E-state index < -0.39 is 0 Å². The van der Waals surface area contributed by atoms with Crippen LogP contribution in [0.4, 0.5) is 5.69 Å². The van der Waals surface area contributed by atoms with E-state index in [2.05, 4.69) is 48.2 Å². The second kappa shape index (κ2) is 5.86. The molecule has 2 aromatic carbocycles. The van der Waals surface area contributed by atoms with Gasteiger partial charge in [0.05, 0.1) is 0 Å². The van der Waals surface area contributed by atoms with Gasteiger partial charge in [0.2, 0.25) is 0 Å². The number of thiocarbonyl (C=S) groups is 1. The van der Waals surface area contributed by atoms with Crippen molar-refractivity contribution in [1.29, 1.82) is 0 Å². The SMILES string of the molecule is CC1Cc2ccccc2N(Cc2ccc(C(N)=S)cc2)C1. The monoisotopic (exact) mass is 296 g/mol. The summed E-state index contributed by atoms with van der Waals surface area (Å²) >= 11 is 5.00. The molecule has 1 unspecified atom stereocenters. The Balaban J connectivity index is 1.83. The molecule has 1 atom stereocenters. The summed E-state index contributed by atoms with van der Waals surface area (Å²) in [5, 5.41) is 0. The van der Waals surface area contributed by atoms with Gasteiger partial charge in [-0.2, -0.15) is 0 Å². The highest BCUT2D eigenvalue weighted by molar-refractivity contribution is 7.80. The summed E-state index contributed by atoms with van der Waals surface area (Å²) < 4.78 is 0. The molecule has 1 aliphatic rings. The van der Waals surface area contributed by atoms with Gasteiger partial charge in [0.25, 0.3) is 0 Å². The fourth-order valence-corrected chi connectivity index (χ4v) is 3.19. The number of benzene rings is 2. The van der Waals surface area contributed by atoms with Crippen LogP contribution in [-0.4, -0.2) is 11.5 Å². The third-order valence-electron chi connectivity index (χ3n) is 4.04. The van der Waals surface area contributed by atoms with Crippen molar-refractivity contribution in [2.45, 2.75) is 19.9 Å². The molecular formula is C18H20N2S. The Morgan fingerprint density at radius 1 is 1.19 bits per heavy atom. The number of fused-ring (bicyclic) bond motifs is 1. The lowest BCUT2D eigenvalue weighted by Gasteiger charge is -2.35. The van der Waals surface area contributed by atoms with Crippen LogP contribution in [0.1, 0.15) is 23.6 Å². The summed E-state index contributed by atoms with van der Waals surface area (Å²) in [6, 6.07) is 17.0. The summed E-state index contributed by atoms with van der Waals surface area (Å²) in [5.41, 5.74) is 10.7. The van der Waals surface area contributed by atoms with Gasteiger partial charge in [-0.05, 0) is 29.5 Å². The van der Waals surface area contributed by atoms with E-state index >= 15 is 0 Å². The zero-order valence-corrected chi connectivity index (χ0v) is 13.1. The summed E-state index contributed by atoms with van der Waals surface area (Å²) in [4.78, 5) is 2.93. The highest BCUT2D eigenvalue weighted by atomic mass is 32.1. The molecule has 0 saturated heterocycles. The lowest BCUT2D eigenvalue weighted by atomic mass is 9.93. The van der Waals surface area contributed by atoms with Gasteiger partial charge in [0.1, 0.15) is 4.99 Å². The number of nitrogens with zero attached hydrogens (tertiary/aromatic N) is 1. The number of rotatable bonds is 3. The molecule has 1 heterocycles. The Kier molecular flexibility index (Phi) is 3.93. The van der Waals surface area contributed by atoms with Crippen LogP contribution >= 0.6 is 12.2 Å². The minimum Gasteiger partial charge on any atom is -0.389 e. The zero-order chi connectivity index (χ0) is 14.8. The molecule has 2 N–H and O–H groups in total. The molecule has 3 rings (SSSR count). The molecular weight excluding hydrogens is 276 g/mol. The summed E-state index contributed by atoms with van der Waals surface area (Å²) in [6.07, 6.45) is 1.17. The average molecular weight is 296 g/mol. The smallest absolute Gasteiger partial charge is 0.103 e.